The van der Waals surface area contributed by atoms with Gasteiger partial charge >= 0.3 is 5.97 Å². The standard InChI is InChI=1S/C30H34O2/c1-29(2,3)21-12-14-23-24-15-13-22(30(4,5)6)18-27(24)25(26(23)17-21)16-19-8-10-20(11-9-19)28(31)32-7/h8-15,17-18,25H,16H2,1-7H3. The predicted molar refractivity (Wildman–Crippen MR) is 133 cm³/mol. The molecule has 0 atom stereocenters. The highest BCUT2D eigenvalue weighted by Gasteiger charge is 2.31. The minimum atomic E-state index is -0.294. The van der Waals surface area contributed by atoms with Crippen LogP contribution in [0.2, 0.25) is 0 Å². The molecule has 0 bridgehead atoms. The Kier molecular flexibility index (Phi) is 5.53. The normalized spacial score (nSPS) is 13.6. The highest BCUT2D eigenvalue weighted by atomic mass is 16.5. The fourth-order valence-electron chi connectivity index (χ4n) is 4.64. The molecule has 0 aromatic heterocycles. The van der Waals surface area contributed by atoms with Crippen molar-refractivity contribution in [2.45, 2.75) is 64.7 Å². The van der Waals surface area contributed by atoms with Crippen LogP contribution in [0.4, 0.5) is 0 Å². The topological polar surface area (TPSA) is 26.3 Å². The van der Waals surface area contributed by atoms with Crippen molar-refractivity contribution in [3.05, 3.63) is 94.0 Å². The number of hydrogen-bond donors (Lipinski definition) is 0. The molecule has 0 N–H and O–H groups in total. The van der Waals surface area contributed by atoms with Crippen LogP contribution in [0.3, 0.4) is 0 Å². The van der Waals surface area contributed by atoms with E-state index in [9.17, 15) is 4.79 Å². The van der Waals surface area contributed by atoms with Gasteiger partial charge in [0.2, 0.25) is 0 Å². The molecule has 0 saturated carbocycles. The van der Waals surface area contributed by atoms with E-state index in [1.807, 2.05) is 12.1 Å². The molecule has 3 aromatic carbocycles. The van der Waals surface area contributed by atoms with Gasteiger partial charge < -0.3 is 4.74 Å². The van der Waals surface area contributed by atoms with E-state index in [1.165, 1.54) is 46.1 Å². The Morgan fingerprint density at radius 1 is 0.750 bits per heavy atom. The largest absolute Gasteiger partial charge is 0.465 e. The third-order valence-corrected chi connectivity index (χ3v) is 6.69. The van der Waals surface area contributed by atoms with Crippen LogP contribution >= 0.6 is 0 Å². The van der Waals surface area contributed by atoms with Gasteiger partial charge in [0, 0.05) is 5.92 Å². The molecule has 0 fully saturated rings. The zero-order chi connectivity index (χ0) is 23.3. The van der Waals surface area contributed by atoms with Gasteiger partial charge in [0.15, 0.2) is 0 Å². The SMILES string of the molecule is COC(=O)c1ccc(CC2c3cc(C(C)(C)C)ccc3-c3ccc(C(C)(C)C)cc32)cc1. The minimum absolute atomic E-state index is 0.104. The van der Waals surface area contributed by atoms with Crippen LogP contribution < -0.4 is 0 Å². The number of ether oxygens (including phenoxy) is 1. The van der Waals surface area contributed by atoms with Crippen LogP contribution in [-0.2, 0) is 22.0 Å². The van der Waals surface area contributed by atoms with E-state index < -0.39 is 0 Å². The Morgan fingerprint density at radius 3 is 1.62 bits per heavy atom. The summed E-state index contributed by atoms with van der Waals surface area (Å²) in [6, 6.07) is 21.9. The molecular formula is C30H34O2. The molecule has 0 radical (unpaired) electrons. The van der Waals surface area contributed by atoms with Crippen molar-refractivity contribution >= 4 is 5.97 Å². The van der Waals surface area contributed by atoms with Crippen LogP contribution in [0.15, 0.2) is 60.7 Å². The second-order valence-electron chi connectivity index (χ2n) is 11.0. The summed E-state index contributed by atoms with van der Waals surface area (Å²) >= 11 is 0. The van der Waals surface area contributed by atoms with Crippen molar-refractivity contribution in [3.63, 3.8) is 0 Å². The molecule has 0 amide bonds. The lowest BCUT2D eigenvalue weighted by Crippen LogP contribution is -2.13. The van der Waals surface area contributed by atoms with Crippen LogP contribution in [-0.4, -0.2) is 13.1 Å². The number of carbonyl (C=O) groups is 1. The van der Waals surface area contributed by atoms with Gasteiger partial charge in [-0.1, -0.05) is 90.1 Å². The zero-order valence-corrected chi connectivity index (χ0v) is 20.4. The second-order valence-corrected chi connectivity index (χ2v) is 11.0. The summed E-state index contributed by atoms with van der Waals surface area (Å²) in [4.78, 5) is 11.8. The van der Waals surface area contributed by atoms with E-state index >= 15 is 0 Å². The summed E-state index contributed by atoms with van der Waals surface area (Å²) in [7, 11) is 1.42. The number of hydrogen-bond acceptors (Lipinski definition) is 2. The maximum absolute atomic E-state index is 11.8. The Bertz CT molecular complexity index is 1090. The summed E-state index contributed by atoms with van der Waals surface area (Å²) in [5.41, 5.74) is 10.3. The summed E-state index contributed by atoms with van der Waals surface area (Å²) in [5, 5.41) is 0. The smallest absolute Gasteiger partial charge is 0.337 e. The van der Waals surface area contributed by atoms with E-state index in [0.717, 1.165) is 6.42 Å². The van der Waals surface area contributed by atoms with Crippen LogP contribution in [0.25, 0.3) is 11.1 Å². The van der Waals surface area contributed by atoms with Gasteiger partial charge in [-0.05, 0) is 68.3 Å². The van der Waals surface area contributed by atoms with E-state index in [1.54, 1.807) is 0 Å². The minimum Gasteiger partial charge on any atom is -0.465 e. The first kappa shape index (κ1) is 22.3. The average molecular weight is 427 g/mol. The number of rotatable bonds is 3. The molecular weight excluding hydrogens is 392 g/mol. The fourth-order valence-corrected chi connectivity index (χ4v) is 4.64. The number of carbonyl (C=O) groups excluding carboxylic acids is 1. The highest BCUT2D eigenvalue weighted by Crippen LogP contribution is 2.48. The lowest BCUT2D eigenvalue weighted by atomic mass is 9.82. The third kappa shape index (κ3) is 4.11. The van der Waals surface area contributed by atoms with E-state index in [2.05, 4.69) is 90.1 Å². The number of benzene rings is 3. The molecule has 0 aliphatic heterocycles. The van der Waals surface area contributed by atoms with Crippen molar-refractivity contribution < 1.29 is 9.53 Å². The summed E-state index contributed by atoms with van der Waals surface area (Å²) < 4.78 is 4.85. The highest BCUT2D eigenvalue weighted by molar-refractivity contribution is 5.89. The lowest BCUT2D eigenvalue weighted by molar-refractivity contribution is 0.0600. The van der Waals surface area contributed by atoms with Gasteiger partial charge in [0.05, 0.1) is 12.7 Å². The Labute approximate surface area is 192 Å². The first-order valence-electron chi connectivity index (χ1n) is 11.5. The number of methoxy groups -OCH3 is 1. The zero-order valence-electron chi connectivity index (χ0n) is 20.4. The molecule has 0 spiro atoms. The Hall–Kier alpha value is -2.87. The summed E-state index contributed by atoms with van der Waals surface area (Å²) in [6.07, 6.45) is 0.905. The molecule has 0 saturated heterocycles. The quantitative estimate of drug-likeness (QED) is 0.407. The van der Waals surface area contributed by atoms with E-state index in [4.69, 9.17) is 4.74 Å². The third-order valence-electron chi connectivity index (χ3n) is 6.69. The molecule has 2 heteroatoms. The summed E-state index contributed by atoms with van der Waals surface area (Å²) in [5.74, 6) is 0.00585. The molecule has 2 nitrogen and oxygen atoms in total. The predicted octanol–water partition coefficient (Wildman–Crippen LogP) is 7.42. The average Bonchev–Trinajstić information content (AvgIpc) is 3.05. The van der Waals surface area contributed by atoms with Crippen molar-refractivity contribution in [3.8, 4) is 11.1 Å². The lowest BCUT2D eigenvalue weighted by Gasteiger charge is -2.23. The second kappa shape index (κ2) is 7.92. The van der Waals surface area contributed by atoms with Gasteiger partial charge in [-0.25, -0.2) is 4.79 Å². The van der Waals surface area contributed by atoms with Crippen LogP contribution in [0.5, 0.6) is 0 Å². The van der Waals surface area contributed by atoms with Gasteiger partial charge in [-0.2, -0.15) is 0 Å². The molecule has 32 heavy (non-hydrogen) atoms. The van der Waals surface area contributed by atoms with E-state index in [-0.39, 0.29) is 16.8 Å². The maximum Gasteiger partial charge on any atom is 0.337 e. The van der Waals surface area contributed by atoms with Gasteiger partial charge in [-0.15, -0.1) is 0 Å². The molecule has 4 rings (SSSR count). The van der Waals surface area contributed by atoms with Gasteiger partial charge in [0.1, 0.15) is 0 Å². The maximum atomic E-state index is 11.8. The van der Waals surface area contributed by atoms with Crippen molar-refractivity contribution in [2.75, 3.05) is 7.11 Å². The Balaban J connectivity index is 1.80. The fraction of sp³-hybridized carbons (Fsp3) is 0.367. The summed E-state index contributed by atoms with van der Waals surface area (Å²) in [6.45, 7) is 13.6. The molecule has 166 valence electrons. The molecule has 1 aliphatic carbocycles. The van der Waals surface area contributed by atoms with Crippen molar-refractivity contribution in [1.82, 2.24) is 0 Å². The first-order chi connectivity index (χ1) is 15.0. The molecule has 1 aliphatic rings. The monoisotopic (exact) mass is 426 g/mol. The van der Waals surface area contributed by atoms with Gasteiger partial charge in [0.25, 0.3) is 0 Å². The van der Waals surface area contributed by atoms with E-state index in [0.29, 0.717) is 11.5 Å². The molecule has 0 unspecified atom stereocenters. The van der Waals surface area contributed by atoms with Crippen molar-refractivity contribution in [2.24, 2.45) is 0 Å². The van der Waals surface area contributed by atoms with Crippen LogP contribution in [0, 0.1) is 0 Å². The molecule has 3 aromatic rings. The van der Waals surface area contributed by atoms with Gasteiger partial charge in [-0.3, -0.25) is 0 Å². The number of fused-ring (bicyclic) bond motifs is 3. The van der Waals surface area contributed by atoms with Crippen molar-refractivity contribution in [1.29, 1.82) is 0 Å². The molecule has 0 heterocycles. The number of esters is 1. The first-order valence-corrected chi connectivity index (χ1v) is 11.5. The Morgan fingerprint density at radius 2 is 1.22 bits per heavy atom. The van der Waals surface area contributed by atoms with Crippen LogP contribution in [0.1, 0.15) is 85.6 Å².